The van der Waals surface area contributed by atoms with E-state index in [9.17, 15) is 14.7 Å². The van der Waals surface area contributed by atoms with Crippen LogP contribution in [0.3, 0.4) is 0 Å². The highest BCUT2D eigenvalue weighted by molar-refractivity contribution is 8.06. The summed E-state index contributed by atoms with van der Waals surface area (Å²) < 4.78 is 0. The zero-order valence-electron chi connectivity index (χ0n) is 11.2. The summed E-state index contributed by atoms with van der Waals surface area (Å²) in [6.45, 7) is 0.545. The third kappa shape index (κ3) is 4.47. The Morgan fingerprint density at radius 3 is 2.81 bits per heavy atom. The Labute approximate surface area is 130 Å². The first-order valence-corrected chi connectivity index (χ1v) is 8.57. The number of thioether (sulfide) groups is 2. The first-order chi connectivity index (χ1) is 10.1. The van der Waals surface area contributed by atoms with E-state index in [0.717, 1.165) is 17.3 Å². The summed E-state index contributed by atoms with van der Waals surface area (Å²) in [7, 11) is 0. The van der Waals surface area contributed by atoms with Gasteiger partial charge in [0, 0.05) is 29.1 Å². The van der Waals surface area contributed by atoms with Crippen molar-refractivity contribution in [1.29, 1.82) is 0 Å². The second-order valence-corrected chi connectivity index (χ2v) is 6.97. The Hall–Kier alpha value is -1.54. The van der Waals surface area contributed by atoms with Crippen molar-refractivity contribution in [1.82, 2.24) is 5.32 Å². The van der Waals surface area contributed by atoms with Crippen molar-refractivity contribution < 1.29 is 19.8 Å². The average molecular weight is 328 g/mol. The minimum atomic E-state index is -1.24. The normalized spacial score (nSPS) is 18.0. The van der Waals surface area contributed by atoms with Gasteiger partial charge in [0.25, 0.3) is 0 Å². The molecule has 1 atom stereocenters. The fourth-order valence-corrected chi connectivity index (χ4v) is 4.46. The smallest absolute Gasteiger partial charge is 0.339 e. The molecule has 0 saturated carbocycles. The van der Waals surface area contributed by atoms with Gasteiger partial charge in [-0.2, -0.15) is 23.5 Å². The van der Waals surface area contributed by atoms with E-state index < -0.39 is 17.7 Å². The molecule has 21 heavy (non-hydrogen) atoms. The lowest BCUT2D eigenvalue weighted by Gasteiger charge is -2.21. The van der Waals surface area contributed by atoms with Gasteiger partial charge in [-0.25, -0.2) is 9.59 Å². The van der Waals surface area contributed by atoms with E-state index in [1.165, 1.54) is 18.2 Å². The minimum Gasteiger partial charge on any atom is -0.505 e. The Kier molecular flexibility index (Phi) is 5.63. The number of carbonyl (C=O) groups is 2. The van der Waals surface area contributed by atoms with Crippen molar-refractivity contribution in [2.45, 2.75) is 5.25 Å². The average Bonchev–Trinajstić information content (AvgIpc) is 2.48. The van der Waals surface area contributed by atoms with E-state index >= 15 is 0 Å². The van der Waals surface area contributed by atoms with Crippen LogP contribution in [-0.4, -0.2) is 51.3 Å². The molecule has 1 unspecified atom stereocenters. The van der Waals surface area contributed by atoms with Gasteiger partial charge < -0.3 is 20.8 Å². The van der Waals surface area contributed by atoms with Crippen molar-refractivity contribution in [2.24, 2.45) is 0 Å². The number of carboxylic acid groups (broad SMARTS) is 1. The molecule has 1 saturated heterocycles. The second kappa shape index (κ2) is 7.46. The number of rotatable bonds is 4. The van der Waals surface area contributed by atoms with E-state index in [4.69, 9.17) is 5.11 Å². The van der Waals surface area contributed by atoms with Crippen molar-refractivity contribution in [3.8, 4) is 5.75 Å². The number of aromatic hydroxyl groups is 1. The Morgan fingerprint density at radius 1 is 1.33 bits per heavy atom. The molecule has 1 aromatic carbocycles. The lowest BCUT2D eigenvalue weighted by Crippen LogP contribution is -2.36. The topological polar surface area (TPSA) is 98.7 Å². The van der Waals surface area contributed by atoms with Crippen LogP contribution >= 0.6 is 23.5 Å². The minimum absolute atomic E-state index is 0.0815. The molecule has 6 nitrogen and oxygen atoms in total. The van der Waals surface area contributed by atoms with Crippen molar-refractivity contribution >= 4 is 41.2 Å². The van der Waals surface area contributed by atoms with E-state index in [-0.39, 0.29) is 11.3 Å². The first-order valence-electron chi connectivity index (χ1n) is 6.37. The highest BCUT2D eigenvalue weighted by Crippen LogP contribution is 2.27. The number of nitrogens with one attached hydrogen (secondary N) is 2. The van der Waals surface area contributed by atoms with Crippen LogP contribution in [0.25, 0.3) is 0 Å². The van der Waals surface area contributed by atoms with Crippen molar-refractivity contribution in [3.63, 3.8) is 0 Å². The summed E-state index contributed by atoms with van der Waals surface area (Å²) in [5.74, 6) is 1.54. The molecule has 2 amide bonds. The predicted octanol–water partition coefficient (Wildman–Crippen LogP) is 2.06. The number of phenols is 1. The highest BCUT2D eigenvalue weighted by atomic mass is 32.2. The van der Waals surface area contributed by atoms with Crippen LogP contribution in [0, 0.1) is 0 Å². The zero-order valence-corrected chi connectivity index (χ0v) is 12.8. The molecule has 4 N–H and O–H groups in total. The van der Waals surface area contributed by atoms with Crippen LogP contribution in [0.4, 0.5) is 10.5 Å². The van der Waals surface area contributed by atoms with E-state index in [0.29, 0.717) is 11.8 Å². The fraction of sp³-hybridized carbons (Fsp3) is 0.385. The Morgan fingerprint density at radius 2 is 2.14 bits per heavy atom. The summed E-state index contributed by atoms with van der Waals surface area (Å²) in [5, 5.41) is 24.3. The van der Waals surface area contributed by atoms with Gasteiger partial charge in [0.15, 0.2) is 5.75 Å². The molecule has 1 fully saturated rings. The first kappa shape index (κ1) is 15.8. The standard InChI is InChI=1S/C13H16N2O4S2/c16-11-9(12(17)18)2-1-3-10(11)15-13(19)14-6-8-7-20-4-5-21-8/h1-3,8,16H,4-7H2,(H,17,18)(H2,14,15,19). The molecule has 1 aromatic rings. The van der Waals surface area contributed by atoms with Crippen LogP contribution in [-0.2, 0) is 0 Å². The third-order valence-electron chi connectivity index (χ3n) is 2.89. The summed E-state index contributed by atoms with van der Waals surface area (Å²) >= 11 is 3.70. The number of hydrogen-bond donors (Lipinski definition) is 4. The summed E-state index contributed by atoms with van der Waals surface area (Å²) in [4.78, 5) is 22.7. The maximum Gasteiger partial charge on any atom is 0.339 e. The number of carboxylic acids is 1. The predicted molar refractivity (Wildman–Crippen MR) is 85.7 cm³/mol. The molecule has 0 radical (unpaired) electrons. The molecule has 1 aliphatic heterocycles. The molecule has 0 spiro atoms. The fourth-order valence-electron chi connectivity index (χ4n) is 1.84. The van der Waals surface area contributed by atoms with Crippen LogP contribution in [0.1, 0.15) is 10.4 Å². The molecule has 114 valence electrons. The summed E-state index contributed by atoms with van der Waals surface area (Å²) in [6, 6.07) is 3.74. The highest BCUT2D eigenvalue weighted by Gasteiger charge is 2.17. The van der Waals surface area contributed by atoms with Crippen LogP contribution in [0.15, 0.2) is 18.2 Å². The number of para-hydroxylation sites is 1. The van der Waals surface area contributed by atoms with Gasteiger partial charge in [0.1, 0.15) is 5.56 Å². The SMILES string of the molecule is O=C(NCC1CSCCS1)Nc1cccc(C(=O)O)c1O. The summed E-state index contributed by atoms with van der Waals surface area (Å²) in [6.07, 6.45) is 0. The van der Waals surface area contributed by atoms with E-state index in [1.807, 2.05) is 23.5 Å². The number of benzene rings is 1. The van der Waals surface area contributed by atoms with Crippen LogP contribution in [0.5, 0.6) is 5.75 Å². The molecule has 8 heteroatoms. The van der Waals surface area contributed by atoms with Crippen molar-refractivity contribution in [3.05, 3.63) is 23.8 Å². The number of amides is 2. The van der Waals surface area contributed by atoms with Gasteiger partial charge in [-0.1, -0.05) is 6.07 Å². The molecule has 1 heterocycles. The largest absolute Gasteiger partial charge is 0.505 e. The Bertz CT molecular complexity index is 533. The number of anilines is 1. The third-order valence-corrected chi connectivity index (χ3v) is 5.73. The molecule has 0 bridgehead atoms. The molecule has 1 aliphatic rings. The van der Waals surface area contributed by atoms with E-state index in [2.05, 4.69) is 10.6 Å². The van der Waals surface area contributed by atoms with Crippen molar-refractivity contribution in [2.75, 3.05) is 29.1 Å². The number of hydrogen-bond acceptors (Lipinski definition) is 5. The van der Waals surface area contributed by atoms with Crippen LogP contribution in [0.2, 0.25) is 0 Å². The van der Waals surface area contributed by atoms with Gasteiger partial charge in [-0.05, 0) is 12.1 Å². The second-order valence-electron chi connectivity index (χ2n) is 4.41. The molecular formula is C13H16N2O4S2. The number of urea groups is 1. The van der Waals surface area contributed by atoms with E-state index in [1.54, 1.807) is 0 Å². The summed E-state index contributed by atoms with van der Waals surface area (Å²) in [5.41, 5.74) is -0.162. The molecule has 0 aromatic heterocycles. The molecule has 0 aliphatic carbocycles. The van der Waals surface area contributed by atoms with Crippen LogP contribution < -0.4 is 10.6 Å². The number of carbonyl (C=O) groups excluding carboxylic acids is 1. The number of aromatic carboxylic acids is 1. The monoisotopic (exact) mass is 328 g/mol. The maximum atomic E-state index is 11.8. The quantitative estimate of drug-likeness (QED) is 0.632. The molecule has 2 rings (SSSR count). The lowest BCUT2D eigenvalue weighted by atomic mass is 10.2. The molecular weight excluding hydrogens is 312 g/mol. The van der Waals surface area contributed by atoms with Gasteiger partial charge in [-0.15, -0.1) is 0 Å². The zero-order chi connectivity index (χ0) is 15.2. The van der Waals surface area contributed by atoms with Gasteiger partial charge in [-0.3, -0.25) is 0 Å². The van der Waals surface area contributed by atoms with Gasteiger partial charge in [0.2, 0.25) is 0 Å². The Balaban J connectivity index is 1.90. The van der Waals surface area contributed by atoms with Gasteiger partial charge >= 0.3 is 12.0 Å². The lowest BCUT2D eigenvalue weighted by molar-refractivity contribution is 0.0693. The van der Waals surface area contributed by atoms with Gasteiger partial charge in [0.05, 0.1) is 5.69 Å². The maximum absolute atomic E-state index is 11.8.